The molecule has 98 heavy (non-hydrogen) atoms. The molecule has 0 unspecified atom stereocenters. The van der Waals surface area contributed by atoms with E-state index >= 15 is 0 Å². The first kappa shape index (κ1) is 41.9. The van der Waals surface area contributed by atoms with E-state index in [9.17, 15) is 16.4 Å². The minimum atomic E-state index is -0.886. The Morgan fingerprint density at radius 3 is 1.29 bits per heavy atom. The third-order valence-corrected chi connectivity index (χ3v) is 19.8. The Labute approximate surface area is 596 Å². The van der Waals surface area contributed by atoms with Crippen LogP contribution in [0.15, 0.2) is 313 Å². The van der Waals surface area contributed by atoms with Crippen LogP contribution in [0.25, 0.3) is 121 Å². The summed E-state index contributed by atoms with van der Waals surface area (Å²) in [5, 5.41) is 3.22. The largest absolute Gasteiger partial charge is 0.452 e. The average molecular weight is 1280 g/mol. The van der Waals surface area contributed by atoms with Crippen LogP contribution in [-0.2, 0) is 10.8 Å². The lowest BCUT2D eigenvalue weighted by Gasteiger charge is -2.44. The molecule has 5 nitrogen and oxygen atoms in total. The Morgan fingerprint density at radius 1 is 0.296 bits per heavy atom. The molecule has 5 heterocycles. The van der Waals surface area contributed by atoms with Gasteiger partial charge in [-0.1, -0.05) is 260 Å². The average Bonchev–Trinajstić information content (AvgIpc) is 1.04. The number of hydrogen-bond acceptors (Lipinski definition) is 3. The highest BCUT2D eigenvalue weighted by Crippen LogP contribution is 2.52. The van der Waals surface area contributed by atoms with Crippen molar-refractivity contribution >= 4 is 123 Å². The maximum Gasteiger partial charge on any atom is 0.252 e. The highest BCUT2D eigenvalue weighted by molar-refractivity contribution is 7.00. The third kappa shape index (κ3) is 9.01. The Balaban J connectivity index is 0.998. The number of furan rings is 1. The molecule has 14 aromatic carbocycles. The van der Waals surface area contributed by atoms with Crippen LogP contribution in [0.3, 0.4) is 0 Å². The minimum Gasteiger partial charge on any atom is -0.452 e. The SMILES string of the molecule is [2H]c1c([2H])c([2H])c(-c2ccc3c(c2)N(c2cc(-c4ccccc4)cc(-c4ccccc4)c2)c2cc(-n4c5c([2H])c([2H])c([2H])c([2H])c5c5c([2H])c([2H])c([2H])c([2H])c54)cc4c2B3c2ccc(-c3c([2H])c([2H])c([2H])c([2H])c3[2H])cc2N4c2cccc3c2oc2c(-n4c5ccc(C(C)(C)C)cc5c5cc(C(C)(C)C)ccc54)cccc23)c([2H])c1[2H]. The smallest absolute Gasteiger partial charge is 0.252 e. The predicted octanol–water partition coefficient (Wildman–Crippen LogP) is 23.1. The Hall–Kier alpha value is -11.9. The summed E-state index contributed by atoms with van der Waals surface area (Å²) in [6, 6.07) is 55.5. The Bertz CT molecular complexity index is 6980. The van der Waals surface area contributed by atoms with Crippen molar-refractivity contribution in [3.05, 3.63) is 320 Å². The quantitative estimate of drug-likeness (QED) is 0.142. The molecule has 0 bridgehead atoms. The number of rotatable bonds is 8. The molecular weight excluding hydrogens is 1190 g/mol. The lowest BCUT2D eigenvalue weighted by Crippen LogP contribution is -2.61. The monoisotopic (exact) mass is 1270 g/mol. The standard InChI is InChI=1S/C92H69BN4O/c1-91(2,3)66-43-47-80-74(54-66)75-55-67(92(4,5)6)44-48-81(75)96(80)82-39-23-35-72-73-36-24-40-83(90(73)98-89(72)82)97-85-53-63(59-27-13-8-14-28-59)42-46-77(85)93-76-45-41-62(58-25-11-7-12-26-58)52-84(76)95(68-50-64(60-29-15-9-16-30-60)49-65(51-68)61-31-17-10-18-32-61)86-56-69(57-87(97)88(86)93)94-78-37-21-19-33-70(78)71-34-20-22-38-79(71)94/h7-57H,1-6H3/i7D,8D,11D,12D,13D,14D,19D,20D,21D,22D,25D,26D,27D,28D,33D,34D,37D,38D. The van der Waals surface area contributed by atoms with Crippen LogP contribution in [0.5, 0.6) is 0 Å². The number of fused-ring (bicyclic) bond motifs is 13. The number of hydrogen-bond donors (Lipinski definition) is 0. The van der Waals surface area contributed by atoms with Crippen molar-refractivity contribution in [2.45, 2.75) is 52.4 Å². The lowest BCUT2D eigenvalue weighted by atomic mass is 9.33. The fourth-order valence-corrected chi connectivity index (χ4v) is 15.1. The van der Waals surface area contributed by atoms with Gasteiger partial charge in [-0.25, -0.2) is 0 Å². The van der Waals surface area contributed by atoms with E-state index in [4.69, 9.17) is 12.6 Å². The molecule has 0 atom stereocenters. The summed E-state index contributed by atoms with van der Waals surface area (Å²) in [5.74, 6) is 0. The summed E-state index contributed by atoms with van der Waals surface area (Å²) in [4.78, 5) is 4.03. The van der Waals surface area contributed by atoms with Crippen LogP contribution in [-0.4, -0.2) is 15.8 Å². The second-order valence-corrected chi connectivity index (χ2v) is 27.5. The molecule has 0 amide bonds. The molecule has 3 aromatic heterocycles. The van der Waals surface area contributed by atoms with Gasteiger partial charge in [0, 0.05) is 60.8 Å². The van der Waals surface area contributed by atoms with Crippen molar-refractivity contribution in [1.82, 2.24) is 9.13 Å². The molecule has 6 heteroatoms. The van der Waals surface area contributed by atoms with Gasteiger partial charge in [-0.2, -0.15) is 0 Å². The van der Waals surface area contributed by atoms with E-state index in [0.717, 1.165) is 66.3 Å². The van der Waals surface area contributed by atoms with Gasteiger partial charge in [0.25, 0.3) is 6.71 Å². The molecule has 2 aliphatic rings. The topological polar surface area (TPSA) is 29.5 Å². The van der Waals surface area contributed by atoms with E-state index in [-0.39, 0.29) is 60.6 Å². The van der Waals surface area contributed by atoms with Crippen LogP contribution in [0.4, 0.5) is 34.1 Å². The molecule has 0 fully saturated rings. The van der Waals surface area contributed by atoms with E-state index in [2.05, 4.69) is 88.6 Å². The van der Waals surface area contributed by atoms with Gasteiger partial charge in [-0.3, -0.25) is 0 Å². The Morgan fingerprint density at radius 2 is 0.765 bits per heavy atom. The summed E-state index contributed by atoms with van der Waals surface area (Å²) in [6.07, 6.45) is 0. The second kappa shape index (κ2) is 21.8. The predicted molar refractivity (Wildman–Crippen MR) is 416 cm³/mol. The van der Waals surface area contributed by atoms with Crippen molar-refractivity contribution in [3.63, 3.8) is 0 Å². The fourth-order valence-electron chi connectivity index (χ4n) is 15.1. The van der Waals surface area contributed by atoms with Gasteiger partial charge in [0.1, 0.15) is 0 Å². The first-order valence-corrected chi connectivity index (χ1v) is 32.9. The normalized spacial score (nSPS) is 15.5. The van der Waals surface area contributed by atoms with Gasteiger partial charge < -0.3 is 23.4 Å². The van der Waals surface area contributed by atoms with E-state index in [1.165, 1.54) is 4.57 Å². The van der Waals surface area contributed by atoms with Crippen molar-refractivity contribution < 1.29 is 29.1 Å². The maximum absolute atomic E-state index is 10.0. The molecule has 19 rings (SSSR count). The van der Waals surface area contributed by atoms with Gasteiger partial charge in [-0.15, -0.1) is 0 Å². The minimum absolute atomic E-state index is 0.0846. The lowest BCUT2D eigenvalue weighted by molar-refractivity contribution is 0.590. The number of para-hydroxylation sites is 4. The molecule has 0 radical (unpaired) electrons. The van der Waals surface area contributed by atoms with Gasteiger partial charge in [-0.05, 0) is 174 Å². The van der Waals surface area contributed by atoms with Crippen molar-refractivity contribution in [2.75, 3.05) is 9.80 Å². The number of anilines is 6. The third-order valence-electron chi connectivity index (χ3n) is 19.8. The molecule has 0 aliphatic carbocycles. The zero-order valence-electron chi connectivity index (χ0n) is 72.3. The van der Waals surface area contributed by atoms with E-state index in [1.807, 2.05) is 143 Å². The van der Waals surface area contributed by atoms with Gasteiger partial charge in [0.15, 0.2) is 11.2 Å². The number of benzene rings is 14. The summed E-state index contributed by atoms with van der Waals surface area (Å²) in [7, 11) is 0. The highest BCUT2D eigenvalue weighted by Gasteiger charge is 2.45. The molecule has 0 saturated carbocycles. The fraction of sp³-hybridized carbons (Fsp3) is 0.0870. The molecule has 466 valence electrons. The van der Waals surface area contributed by atoms with Gasteiger partial charge in [0.2, 0.25) is 0 Å². The number of nitrogens with zero attached hydrogens (tertiary/aromatic N) is 4. The second-order valence-electron chi connectivity index (χ2n) is 27.5. The van der Waals surface area contributed by atoms with Crippen LogP contribution in [0, 0.1) is 0 Å². The van der Waals surface area contributed by atoms with Gasteiger partial charge in [0.05, 0.1) is 63.8 Å². The van der Waals surface area contributed by atoms with E-state index < -0.39 is 115 Å². The van der Waals surface area contributed by atoms with Crippen LogP contribution in [0.2, 0.25) is 0 Å². The first-order valence-electron chi connectivity index (χ1n) is 41.9. The molecule has 17 aromatic rings. The van der Waals surface area contributed by atoms with Crippen molar-refractivity contribution in [2.24, 2.45) is 0 Å². The molecular formula is C92H69BN4O. The van der Waals surface area contributed by atoms with E-state index in [0.29, 0.717) is 67.1 Å². The molecule has 2 aliphatic heterocycles. The van der Waals surface area contributed by atoms with E-state index in [1.54, 1.807) is 24.3 Å². The molecule has 0 N–H and O–H groups in total. The zero-order valence-corrected chi connectivity index (χ0v) is 54.3. The first-order chi connectivity index (χ1) is 55.3. The summed E-state index contributed by atoms with van der Waals surface area (Å²) in [5.41, 5.74) is 13.3. The van der Waals surface area contributed by atoms with Crippen LogP contribution in [0.1, 0.15) is 77.3 Å². The zero-order chi connectivity index (χ0) is 81.4. The summed E-state index contributed by atoms with van der Waals surface area (Å²) in [6.45, 7) is 12.3. The molecule has 0 saturated heterocycles. The Kier molecular flexibility index (Phi) is 9.33. The summed E-state index contributed by atoms with van der Waals surface area (Å²) < 4.78 is 180. The van der Waals surface area contributed by atoms with Crippen molar-refractivity contribution in [3.8, 4) is 55.9 Å². The highest BCUT2D eigenvalue weighted by atomic mass is 16.3. The molecule has 0 spiro atoms. The van der Waals surface area contributed by atoms with Crippen LogP contribution >= 0.6 is 0 Å². The van der Waals surface area contributed by atoms with Crippen LogP contribution < -0.4 is 26.2 Å². The van der Waals surface area contributed by atoms with Gasteiger partial charge >= 0.3 is 0 Å². The summed E-state index contributed by atoms with van der Waals surface area (Å²) >= 11 is 0. The number of aromatic nitrogens is 2. The maximum atomic E-state index is 10.0. The van der Waals surface area contributed by atoms with Crippen molar-refractivity contribution in [1.29, 1.82) is 0 Å².